The van der Waals surface area contributed by atoms with Gasteiger partial charge in [0, 0.05) is 11.3 Å². The molecule has 5 nitrogen and oxygen atoms in total. The Morgan fingerprint density at radius 2 is 1.95 bits per heavy atom. The van der Waals surface area contributed by atoms with Crippen LogP contribution in [-0.2, 0) is 0 Å². The van der Waals surface area contributed by atoms with E-state index in [2.05, 4.69) is 10.2 Å². The standard InChI is InChI=1S/C16H13N3O2/c17-9-14-13(10-4-6-12(19-21)7-5-10)8-15(18-16(14)20)11-2-1-3-11/h4-8,11H,1-3H2,(H,18,20). The van der Waals surface area contributed by atoms with E-state index in [1.807, 2.05) is 12.1 Å². The third-order valence-electron chi connectivity index (χ3n) is 3.99. The van der Waals surface area contributed by atoms with Crippen molar-refractivity contribution in [2.75, 3.05) is 0 Å². The summed E-state index contributed by atoms with van der Waals surface area (Å²) in [5.41, 5.74) is 2.31. The Balaban J connectivity index is 2.14. The van der Waals surface area contributed by atoms with E-state index in [1.165, 1.54) is 6.42 Å². The lowest BCUT2D eigenvalue weighted by atomic mass is 9.82. The van der Waals surface area contributed by atoms with E-state index in [4.69, 9.17) is 0 Å². The largest absolute Gasteiger partial charge is 0.325 e. The molecular weight excluding hydrogens is 266 g/mol. The van der Waals surface area contributed by atoms with Crippen LogP contribution in [0.3, 0.4) is 0 Å². The summed E-state index contributed by atoms with van der Waals surface area (Å²) in [4.78, 5) is 25.4. The number of nitrogens with zero attached hydrogens (tertiary/aromatic N) is 2. The minimum atomic E-state index is -0.352. The Morgan fingerprint density at radius 3 is 2.48 bits per heavy atom. The fourth-order valence-corrected chi connectivity index (χ4v) is 2.56. The van der Waals surface area contributed by atoms with Crippen LogP contribution >= 0.6 is 0 Å². The first-order chi connectivity index (χ1) is 10.2. The highest BCUT2D eigenvalue weighted by Gasteiger charge is 2.22. The molecule has 0 radical (unpaired) electrons. The molecule has 5 heteroatoms. The van der Waals surface area contributed by atoms with Gasteiger partial charge in [0.25, 0.3) is 5.56 Å². The normalized spacial score (nSPS) is 14.2. The molecule has 1 aliphatic carbocycles. The quantitative estimate of drug-likeness (QED) is 0.871. The van der Waals surface area contributed by atoms with E-state index in [9.17, 15) is 15.0 Å². The highest BCUT2D eigenvalue weighted by atomic mass is 16.3. The van der Waals surface area contributed by atoms with Crippen LogP contribution in [0.25, 0.3) is 11.1 Å². The van der Waals surface area contributed by atoms with Crippen molar-refractivity contribution in [3.8, 4) is 17.2 Å². The summed E-state index contributed by atoms with van der Waals surface area (Å²) in [5, 5.41) is 12.1. The maximum absolute atomic E-state index is 12.1. The molecule has 0 amide bonds. The Bertz CT molecular complexity index is 781. The van der Waals surface area contributed by atoms with Crippen molar-refractivity contribution in [2.45, 2.75) is 25.2 Å². The van der Waals surface area contributed by atoms with Gasteiger partial charge in [-0.3, -0.25) is 4.79 Å². The zero-order valence-corrected chi connectivity index (χ0v) is 11.3. The SMILES string of the molecule is N#Cc1c(-c2ccc(N=O)cc2)cc(C2CCC2)[nH]c1=O. The Morgan fingerprint density at radius 1 is 1.24 bits per heavy atom. The fraction of sp³-hybridized carbons (Fsp3) is 0.250. The zero-order valence-electron chi connectivity index (χ0n) is 11.3. The highest BCUT2D eigenvalue weighted by molar-refractivity contribution is 5.71. The number of rotatable bonds is 3. The van der Waals surface area contributed by atoms with Crippen molar-refractivity contribution < 1.29 is 0 Å². The van der Waals surface area contributed by atoms with Crippen LogP contribution in [0.2, 0.25) is 0 Å². The van der Waals surface area contributed by atoms with E-state index in [1.54, 1.807) is 24.3 Å². The molecule has 104 valence electrons. The monoisotopic (exact) mass is 279 g/mol. The average molecular weight is 279 g/mol. The first kappa shape index (κ1) is 13.3. The van der Waals surface area contributed by atoms with Crippen molar-refractivity contribution >= 4 is 5.69 Å². The number of pyridine rings is 1. The van der Waals surface area contributed by atoms with Gasteiger partial charge < -0.3 is 4.98 Å². The van der Waals surface area contributed by atoms with Gasteiger partial charge in [0.15, 0.2) is 0 Å². The molecule has 0 unspecified atom stereocenters. The first-order valence-electron chi connectivity index (χ1n) is 6.84. The van der Waals surface area contributed by atoms with Crippen LogP contribution in [0.1, 0.15) is 36.4 Å². The number of hydrogen-bond donors (Lipinski definition) is 1. The van der Waals surface area contributed by atoms with Gasteiger partial charge in [0.2, 0.25) is 0 Å². The number of benzene rings is 1. The molecule has 1 N–H and O–H groups in total. The Labute approximate surface area is 121 Å². The molecule has 2 aromatic rings. The van der Waals surface area contributed by atoms with Crippen molar-refractivity contribution in [3.05, 3.63) is 56.9 Å². The van der Waals surface area contributed by atoms with Gasteiger partial charge in [0.1, 0.15) is 17.3 Å². The minimum Gasteiger partial charge on any atom is -0.325 e. The van der Waals surface area contributed by atoms with Gasteiger partial charge >= 0.3 is 0 Å². The van der Waals surface area contributed by atoms with Gasteiger partial charge in [-0.05, 0) is 47.7 Å². The third-order valence-corrected chi connectivity index (χ3v) is 3.99. The minimum absolute atomic E-state index is 0.102. The van der Waals surface area contributed by atoms with E-state index in [0.717, 1.165) is 24.1 Å². The molecule has 21 heavy (non-hydrogen) atoms. The lowest BCUT2D eigenvalue weighted by Gasteiger charge is -2.25. The summed E-state index contributed by atoms with van der Waals surface area (Å²) in [7, 11) is 0. The molecule has 0 saturated heterocycles. The van der Waals surface area contributed by atoms with E-state index < -0.39 is 0 Å². The first-order valence-corrected chi connectivity index (χ1v) is 6.84. The van der Waals surface area contributed by atoms with Crippen LogP contribution in [-0.4, -0.2) is 4.98 Å². The fourth-order valence-electron chi connectivity index (χ4n) is 2.56. The topological polar surface area (TPSA) is 86.1 Å². The van der Waals surface area contributed by atoms with E-state index in [0.29, 0.717) is 17.2 Å². The molecule has 1 saturated carbocycles. The molecule has 1 fully saturated rings. The van der Waals surface area contributed by atoms with E-state index >= 15 is 0 Å². The molecular formula is C16H13N3O2. The Kier molecular flexibility index (Phi) is 3.36. The van der Waals surface area contributed by atoms with Crippen molar-refractivity contribution in [1.82, 2.24) is 4.98 Å². The maximum atomic E-state index is 12.1. The predicted molar refractivity (Wildman–Crippen MR) is 79.3 cm³/mol. The van der Waals surface area contributed by atoms with Crippen molar-refractivity contribution in [2.24, 2.45) is 5.18 Å². The smallest absolute Gasteiger partial charge is 0.266 e. The summed E-state index contributed by atoms with van der Waals surface area (Å²) in [5.74, 6) is 0.375. The molecule has 1 aromatic heterocycles. The maximum Gasteiger partial charge on any atom is 0.266 e. The van der Waals surface area contributed by atoms with Crippen molar-refractivity contribution in [3.63, 3.8) is 0 Å². The number of nitroso groups, excluding NO2 is 1. The van der Waals surface area contributed by atoms with Crippen LogP contribution in [0, 0.1) is 16.2 Å². The highest BCUT2D eigenvalue weighted by Crippen LogP contribution is 2.36. The van der Waals surface area contributed by atoms with Gasteiger partial charge in [-0.2, -0.15) is 5.26 Å². The van der Waals surface area contributed by atoms with Gasteiger partial charge in [0.05, 0.1) is 0 Å². The molecule has 0 spiro atoms. The van der Waals surface area contributed by atoms with Crippen LogP contribution in [0.15, 0.2) is 40.3 Å². The number of aromatic amines is 1. The molecule has 0 bridgehead atoms. The summed E-state index contributed by atoms with van der Waals surface area (Å²) in [6, 6.07) is 10.4. The Hall–Kier alpha value is -2.74. The summed E-state index contributed by atoms with van der Waals surface area (Å²) in [6.45, 7) is 0. The predicted octanol–water partition coefficient (Wildman–Crippen LogP) is 3.58. The second-order valence-corrected chi connectivity index (χ2v) is 5.22. The number of aromatic nitrogens is 1. The molecule has 0 aliphatic heterocycles. The van der Waals surface area contributed by atoms with Crippen molar-refractivity contribution in [1.29, 1.82) is 5.26 Å². The molecule has 1 aromatic carbocycles. The van der Waals surface area contributed by atoms with E-state index in [-0.39, 0.29) is 11.1 Å². The zero-order chi connectivity index (χ0) is 14.8. The summed E-state index contributed by atoms with van der Waals surface area (Å²) < 4.78 is 0. The lowest BCUT2D eigenvalue weighted by Crippen LogP contribution is -2.19. The average Bonchev–Trinajstić information content (AvgIpc) is 2.45. The second kappa shape index (κ2) is 5.33. The molecule has 0 atom stereocenters. The lowest BCUT2D eigenvalue weighted by molar-refractivity contribution is 0.410. The third kappa shape index (κ3) is 2.36. The number of nitriles is 1. The van der Waals surface area contributed by atoms with Crippen LogP contribution < -0.4 is 5.56 Å². The molecule has 3 rings (SSSR count). The number of nitrogens with one attached hydrogen (secondary N) is 1. The van der Waals surface area contributed by atoms with Crippen LogP contribution in [0.4, 0.5) is 5.69 Å². The number of hydrogen-bond acceptors (Lipinski definition) is 4. The summed E-state index contributed by atoms with van der Waals surface area (Å²) in [6.07, 6.45) is 3.30. The molecule has 1 heterocycles. The summed E-state index contributed by atoms with van der Waals surface area (Å²) >= 11 is 0. The van der Waals surface area contributed by atoms with Gasteiger partial charge in [-0.15, -0.1) is 4.91 Å². The van der Waals surface area contributed by atoms with Crippen LogP contribution in [0.5, 0.6) is 0 Å². The van der Waals surface area contributed by atoms with Gasteiger partial charge in [-0.1, -0.05) is 18.6 Å². The molecule has 1 aliphatic rings. The van der Waals surface area contributed by atoms with Gasteiger partial charge in [-0.25, -0.2) is 0 Å². The second-order valence-electron chi connectivity index (χ2n) is 5.22. The number of H-pyrrole nitrogens is 1.